The third-order valence-electron chi connectivity index (χ3n) is 3.36. The van der Waals surface area contributed by atoms with Gasteiger partial charge in [-0.1, -0.05) is 0 Å². The van der Waals surface area contributed by atoms with Crippen molar-refractivity contribution in [2.75, 3.05) is 19.7 Å². The number of nitrogens with zero attached hydrogens (tertiary/aromatic N) is 1. The van der Waals surface area contributed by atoms with Gasteiger partial charge in [0.2, 0.25) is 5.88 Å². The van der Waals surface area contributed by atoms with Crippen LogP contribution in [-0.2, 0) is 0 Å². The molecule has 23 heavy (non-hydrogen) atoms. The summed E-state index contributed by atoms with van der Waals surface area (Å²) >= 11 is 0. The van der Waals surface area contributed by atoms with E-state index < -0.39 is 19.0 Å². The number of pyridine rings is 1. The van der Waals surface area contributed by atoms with Crippen LogP contribution in [0.5, 0.6) is 5.88 Å². The Hall–Kier alpha value is -1.90. The Morgan fingerprint density at radius 1 is 1.48 bits per heavy atom. The number of ether oxygens (including phenoxy) is 1. The normalized spacial score (nSPS) is 18.7. The van der Waals surface area contributed by atoms with Gasteiger partial charge in [0, 0.05) is 24.8 Å². The van der Waals surface area contributed by atoms with Crippen molar-refractivity contribution >= 4 is 5.91 Å². The molecule has 1 aromatic heterocycles. The molecule has 0 unspecified atom stereocenters. The zero-order chi connectivity index (χ0) is 16.9. The summed E-state index contributed by atoms with van der Waals surface area (Å²) in [6.07, 6.45) is -0.817. The summed E-state index contributed by atoms with van der Waals surface area (Å²) in [5, 5.41) is 5.98. The number of piperidine rings is 1. The van der Waals surface area contributed by atoms with E-state index in [-0.39, 0.29) is 23.4 Å². The number of rotatable bonds is 6. The molecule has 0 radical (unpaired) electrons. The minimum absolute atomic E-state index is 0.0249. The molecule has 2 heterocycles. The molecule has 0 aromatic carbocycles. The molecular formula is C14H17F4N3O2. The van der Waals surface area contributed by atoms with Gasteiger partial charge < -0.3 is 15.4 Å². The highest BCUT2D eigenvalue weighted by molar-refractivity contribution is 5.94. The van der Waals surface area contributed by atoms with E-state index in [4.69, 9.17) is 0 Å². The smallest absolute Gasteiger partial charge is 0.340 e. The van der Waals surface area contributed by atoms with Crippen molar-refractivity contribution in [3.63, 3.8) is 0 Å². The zero-order valence-electron chi connectivity index (χ0n) is 12.2. The van der Waals surface area contributed by atoms with Crippen molar-refractivity contribution in [1.29, 1.82) is 0 Å². The molecule has 1 amide bonds. The van der Waals surface area contributed by atoms with Gasteiger partial charge in [0.1, 0.15) is 0 Å². The van der Waals surface area contributed by atoms with Crippen molar-refractivity contribution in [2.45, 2.75) is 31.2 Å². The first kappa shape index (κ1) is 17.5. The summed E-state index contributed by atoms with van der Waals surface area (Å²) < 4.78 is 54.0. The summed E-state index contributed by atoms with van der Waals surface area (Å²) in [5.74, 6) is -4.83. The molecule has 1 saturated heterocycles. The maximum absolute atomic E-state index is 12.7. The zero-order valence-corrected chi connectivity index (χ0v) is 12.2. The van der Waals surface area contributed by atoms with Crippen LogP contribution >= 0.6 is 0 Å². The fourth-order valence-electron chi connectivity index (χ4n) is 2.08. The van der Waals surface area contributed by atoms with E-state index >= 15 is 0 Å². The van der Waals surface area contributed by atoms with Gasteiger partial charge in [0.25, 0.3) is 5.91 Å². The lowest BCUT2D eigenvalue weighted by Gasteiger charge is -2.23. The molecule has 0 bridgehead atoms. The number of hydrogen-bond donors (Lipinski definition) is 2. The summed E-state index contributed by atoms with van der Waals surface area (Å²) in [4.78, 5) is 15.7. The van der Waals surface area contributed by atoms with Gasteiger partial charge in [-0.3, -0.25) is 4.79 Å². The average molecular weight is 335 g/mol. The van der Waals surface area contributed by atoms with Gasteiger partial charge in [-0.2, -0.15) is 8.78 Å². The summed E-state index contributed by atoms with van der Waals surface area (Å²) in [7, 11) is 0. The maximum Gasteiger partial charge on any atom is 0.340 e. The van der Waals surface area contributed by atoms with E-state index in [0.29, 0.717) is 6.54 Å². The summed E-state index contributed by atoms with van der Waals surface area (Å²) in [5.41, 5.74) is 0.239. The highest BCUT2D eigenvalue weighted by Crippen LogP contribution is 2.23. The van der Waals surface area contributed by atoms with Gasteiger partial charge in [-0.15, -0.1) is 0 Å². The van der Waals surface area contributed by atoms with Crippen LogP contribution in [0.2, 0.25) is 0 Å². The van der Waals surface area contributed by atoms with Crippen LogP contribution < -0.4 is 15.4 Å². The second-order valence-corrected chi connectivity index (χ2v) is 5.25. The fraction of sp³-hybridized carbons (Fsp3) is 0.571. The van der Waals surface area contributed by atoms with Crippen LogP contribution in [0.3, 0.4) is 0 Å². The molecule has 9 heteroatoms. The van der Waals surface area contributed by atoms with E-state index in [1.165, 1.54) is 12.1 Å². The molecule has 2 N–H and O–H groups in total. The van der Waals surface area contributed by atoms with Crippen LogP contribution in [0.25, 0.3) is 0 Å². The molecule has 0 spiro atoms. The molecule has 1 atom stereocenters. The molecular weight excluding hydrogens is 318 g/mol. The molecule has 1 aliphatic rings. The first-order chi connectivity index (χ1) is 10.9. The molecule has 0 aliphatic carbocycles. The van der Waals surface area contributed by atoms with Gasteiger partial charge in [-0.05, 0) is 25.5 Å². The lowest BCUT2D eigenvalue weighted by atomic mass is 10.1. The monoisotopic (exact) mass is 335 g/mol. The number of amides is 1. The first-order valence-corrected chi connectivity index (χ1v) is 7.15. The number of carbonyl (C=O) groups excluding carboxylic acids is 1. The SMILES string of the molecule is O=C(N[C@H]1CCCNC1)c1ccc(OCC(F)(F)C(F)F)nc1. The van der Waals surface area contributed by atoms with Crippen molar-refractivity contribution in [3.8, 4) is 5.88 Å². The Labute approximate surface area is 130 Å². The molecule has 1 aromatic rings. The van der Waals surface area contributed by atoms with Crippen molar-refractivity contribution in [1.82, 2.24) is 15.6 Å². The maximum atomic E-state index is 12.7. The third kappa shape index (κ3) is 5.05. The molecule has 1 fully saturated rings. The van der Waals surface area contributed by atoms with Crippen LogP contribution in [0, 0.1) is 0 Å². The number of hydrogen-bond acceptors (Lipinski definition) is 4. The predicted octanol–water partition coefficient (Wildman–Crippen LogP) is 1.84. The number of alkyl halides is 4. The van der Waals surface area contributed by atoms with Crippen LogP contribution in [0.4, 0.5) is 17.6 Å². The standard InChI is InChI=1S/C14H17F4N3O2/c15-13(16)14(17,18)8-23-11-4-3-9(6-20-11)12(22)21-10-2-1-5-19-7-10/h3-4,6,10,13,19H,1-2,5,7-8H2,(H,21,22)/t10-/m0/s1. The van der Waals surface area contributed by atoms with Gasteiger partial charge in [-0.25, -0.2) is 13.8 Å². The Morgan fingerprint density at radius 3 is 2.83 bits per heavy atom. The number of carbonyl (C=O) groups is 1. The second kappa shape index (κ2) is 7.58. The van der Waals surface area contributed by atoms with Crippen molar-refractivity contribution < 1.29 is 27.1 Å². The lowest BCUT2D eigenvalue weighted by Crippen LogP contribution is -2.45. The van der Waals surface area contributed by atoms with Gasteiger partial charge >= 0.3 is 12.3 Å². The minimum Gasteiger partial charge on any atom is -0.471 e. The Morgan fingerprint density at radius 2 is 2.26 bits per heavy atom. The van der Waals surface area contributed by atoms with Crippen LogP contribution in [-0.4, -0.2) is 49.0 Å². The minimum atomic E-state index is -4.24. The van der Waals surface area contributed by atoms with Crippen molar-refractivity contribution in [3.05, 3.63) is 23.9 Å². The van der Waals surface area contributed by atoms with Crippen LogP contribution in [0.15, 0.2) is 18.3 Å². The lowest BCUT2D eigenvalue weighted by molar-refractivity contribution is -0.148. The quantitative estimate of drug-likeness (QED) is 0.779. The summed E-state index contributed by atoms with van der Waals surface area (Å²) in [6, 6.07) is 2.56. The largest absolute Gasteiger partial charge is 0.471 e. The molecule has 2 rings (SSSR count). The Balaban J connectivity index is 1.87. The van der Waals surface area contributed by atoms with E-state index in [1.54, 1.807) is 0 Å². The second-order valence-electron chi connectivity index (χ2n) is 5.25. The molecule has 128 valence electrons. The number of halogens is 4. The van der Waals surface area contributed by atoms with Gasteiger partial charge in [0.05, 0.1) is 5.56 Å². The third-order valence-corrected chi connectivity index (χ3v) is 3.36. The first-order valence-electron chi connectivity index (χ1n) is 7.15. The predicted molar refractivity (Wildman–Crippen MR) is 74.0 cm³/mol. The molecule has 5 nitrogen and oxygen atoms in total. The Kier molecular flexibility index (Phi) is 5.75. The number of nitrogens with one attached hydrogen (secondary N) is 2. The Bertz CT molecular complexity index is 519. The topological polar surface area (TPSA) is 63.2 Å². The highest BCUT2D eigenvalue weighted by atomic mass is 19.3. The van der Waals surface area contributed by atoms with E-state index in [9.17, 15) is 22.4 Å². The number of aromatic nitrogens is 1. The fourth-order valence-corrected chi connectivity index (χ4v) is 2.08. The van der Waals surface area contributed by atoms with Crippen LogP contribution in [0.1, 0.15) is 23.2 Å². The van der Waals surface area contributed by atoms with Crippen molar-refractivity contribution in [2.24, 2.45) is 0 Å². The van der Waals surface area contributed by atoms with E-state index in [1.807, 2.05) is 0 Å². The highest BCUT2D eigenvalue weighted by Gasteiger charge is 2.41. The molecule has 1 aliphatic heterocycles. The van der Waals surface area contributed by atoms with E-state index in [2.05, 4.69) is 20.4 Å². The van der Waals surface area contributed by atoms with E-state index in [0.717, 1.165) is 25.6 Å². The molecule has 0 saturated carbocycles. The van der Waals surface area contributed by atoms with Gasteiger partial charge in [0.15, 0.2) is 6.61 Å². The summed E-state index contributed by atoms with van der Waals surface area (Å²) in [6.45, 7) is 0.128. The average Bonchev–Trinajstić information content (AvgIpc) is 2.54.